The molecule has 0 fully saturated rings. The van der Waals surface area contributed by atoms with Crippen LogP contribution in [0, 0.1) is 6.92 Å². The quantitative estimate of drug-likeness (QED) is 0.244. The number of aryl methyl sites for hydroxylation is 1. The second-order valence-corrected chi connectivity index (χ2v) is 8.63. The molecule has 0 N–H and O–H groups in total. The minimum Gasteiger partial charge on any atom is -0.497 e. The minimum absolute atomic E-state index is 0.681. The van der Waals surface area contributed by atoms with E-state index in [-0.39, 0.29) is 0 Å². The summed E-state index contributed by atoms with van der Waals surface area (Å²) in [6.07, 6.45) is 1.71. The van der Waals surface area contributed by atoms with Crippen LogP contribution < -0.4 is 9.47 Å². The Morgan fingerprint density at radius 2 is 1.48 bits per heavy atom. The Kier molecular flexibility index (Phi) is 6.79. The van der Waals surface area contributed by atoms with Crippen molar-refractivity contribution in [2.24, 2.45) is 4.99 Å². The van der Waals surface area contributed by atoms with Crippen molar-refractivity contribution in [3.8, 4) is 17.2 Å². The van der Waals surface area contributed by atoms with Crippen LogP contribution in [0.15, 0.2) is 103 Å². The second-order valence-electron chi connectivity index (χ2n) is 6.73. The van der Waals surface area contributed by atoms with Crippen molar-refractivity contribution < 1.29 is 13.9 Å². The van der Waals surface area contributed by atoms with Gasteiger partial charge in [0.25, 0.3) is 0 Å². The maximum atomic E-state index is 5.92. The van der Waals surface area contributed by atoms with Crippen molar-refractivity contribution in [2.75, 3.05) is 7.11 Å². The fourth-order valence-corrected chi connectivity index (χ4v) is 4.06. The van der Waals surface area contributed by atoms with Gasteiger partial charge in [-0.1, -0.05) is 29.5 Å². The number of methoxy groups -OCH3 is 1. The van der Waals surface area contributed by atoms with Crippen LogP contribution in [0.1, 0.15) is 11.3 Å². The molecular formula is C25H20BrNO3S. The molecule has 0 atom stereocenters. The molecule has 4 nitrogen and oxygen atoms in total. The van der Waals surface area contributed by atoms with Crippen LogP contribution in [0.5, 0.6) is 17.2 Å². The summed E-state index contributed by atoms with van der Waals surface area (Å²) < 4.78 is 17.8. The molecule has 0 aliphatic heterocycles. The van der Waals surface area contributed by atoms with E-state index in [1.54, 1.807) is 25.1 Å². The van der Waals surface area contributed by atoms with Gasteiger partial charge in [0.2, 0.25) is 0 Å². The highest BCUT2D eigenvalue weighted by molar-refractivity contribution is 9.10. The van der Waals surface area contributed by atoms with Crippen molar-refractivity contribution in [3.05, 3.63) is 94.7 Å². The zero-order valence-corrected chi connectivity index (χ0v) is 19.4. The number of halogens is 1. The first-order chi connectivity index (χ1) is 15.1. The van der Waals surface area contributed by atoms with Gasteiger partial charge in [0.05, 0.1) is 23.5 Å². The second kappa shape index (κ2) is 9.90. The lowest BCUT2D eigenvalue weighted by Gasteiger charge is -2.06. The summed E-state index contributed by atoms with van der Waals surface area (Å²) in [5.74, 6) is 2.96. The maximum absolute atomic E-state index is 5.92. The van der Waals surface area contributed by atoms with E-state index in [0.717, 1.165) is 37.4 Å². The van der Waals surface area contributed by atoms with Crippen LogP contribution in [0.3, 0.4) is 0 Å². The van der Waals surface area contributed by atoms with E-state index in [0.29, 0.717) is 5.76 Å². The Hall–Kier alpha value is -2.96. The first kappa shape index (κ1) is 21.3. The van der Waals surface area contributed by atoms with Gasteiger partial charge >= 0.3 is 0 Å². The van der Waals surface area contributed by atoms with Gasteiger partial charge in [0.1, 0.15) is 23.0 Å². The van der Waals surface area contributed by atoms with Gasteiger partial charge in [-0.25, -0.2) is 0 Å². The van der Waals surface area contributed by atoms with E-state index in [1.807, 2.05) is 54.6 Å². The Labute approximate surface area is 194 Å². The third-order valence-corrected chi connectivity index (χ3v) is 6.23. The molecule has 0 spiro atoms. The van der Waals surface area contributed by atoms with Crippen LogP contribution in [-0.2, 0) is 0 Å². The van der Waals surface area contributed by atoms with E-state index in [4.69, 9.17) is 13.9 Å². The number of nitrogens with zero attached hydrogens (tertiary/aromatic N) is 1. The molecule has 0 amide bonds. The average Bonchev–Trinajstić information content (AvgIpc) is 3.14. The molecule has 156 valence electrons. The number of rotatable bonds is 7. The summed E-state index contributed by atoms with van der Waals surface area (Å²) >= 11 is 5.14. The largest absolute Gasteiger partial charge is 0.497 e. The van der Waals surface area contributed by atoms with Crippen LogP contribution >= 0.6 is 27.7 Å². The fraction of sp³-hybridized carbons (Fsp3) is 0.0800. The van der Waals surface area contributed by atoms with Crippen molar-refractivity contribution in [1.29, 1.82) is 0 Å². The van der Waals surface area contributed by atoms with Crippen LogP contribution in [0.25, 0.3) is 0 Å². The minimum atomic E-state index is 0.681. The molecular weight excluding hydrogens is 474 g/mol. The van der Waals surface area contributed by atoms with Gasteiger partial charge in [0.15, 0.2) is 5.09 Å². The van der Waals surface area contributed by atoms with Crippen molar-refractivity contribution in [1.82, 2.24) is 0 Å². The van der Waals surface area contributed by atoms with Gasteiger partial charge in [-0.15, -0.1) is 0 Å². The molecule has 3 aromatic carbocycles. The SMILES string of the molecule is COc1ccc(Oc2ccc(N=Cc3cc(Br)c(Sc4ccc(C)cc4)o3)cc2)cc1. The highest BCUT2D eigenvalue weighted by Gasteiger charge is 2.09. The molecule has 0 saturated carbocycles. The van der Waals surface area contributed by atoms with Crippen LogP contribution in [0.4, 0.5) is 5.69 Å². The lowest BCUT2D eigenvalue weighted by Crippen LogP contribution is -1.85. The third kappa shape index (κ3) is 5.81. The van der Waals surface area contributed by atoms with Crippen molar-refractivity contribution in [3.63, 3.8) is 0 Å². The summed E-state index contributed by atoms with van der Waals surface area (Å²) in [6, 6.07) is 25.3. The smallest absolute Gasteiger partial charge is 0.179 e. The number of benzene rings is 3. The Morgan fingerprint density at radius 1 is 0.871 bits per heavy atom. The highest BCUT2D eigenvalue weighted by Crippen LogP contribution is 2.36. The molecule has 0 bridgehead atoms. The Morgan fingerprint density at radius 3 is 2.13 bits per heavy atom. The topological polar surface area (TPSA) is 44.0 Å². The fourth-order valence-electron chi connectivity index (χ4n) is 2.73. The van der Waals surface area contributed by atoms with E-state index in [1.165, 1.54) is 5.56 Å². The molecule has 1 aromatic heterocycles. The van der Waals surface area contributed by atoms with E-state index in [2.05, 4.69) is 52.1 Å². The molecule has 0 radical (unpaired) electrons. The van der Waals surface area contributed by atoms with Crippen LogP contribution in [0.2, 0.25) is 0 Å². The molecule has 0 unspecified atom stereocenters. The van der Waals surface area contributed by atoms with E-state index < -0.39 is 0 Å². The molecule has 1 heterocycles. The summed E-state index contributed by atoms with van der Waals surface area (Å²) in [5, 5.41) is 0.800. The van der Waals surface area contributed by atoms with Gasteiger partial charge < -0.3 is 13.9 Å². The van der Waals surface area contributed by atoms with Gasteiger partial charge in [-0.3, -0.25) is 4.99 Å². The van der Waals surface area contributed by atoms with E-state index >= 15 is 0 Å². The predicted molar refractivity (Wildman–Crippen MR) is 128 cm³/mol. The number of aliphatic imine (C=N–C) groups is 1. The molecule has 0 aliphatic rings. The first-order valence-electron chi connectivity index (χ1n) is 9.59. The molecule has 4 aromatic rings. The molecule has 6 heteroatoms. The van der Waals surface area contributed by atoms with Crippen molar-refractivity contribution in [2.45, 2.75) is 16.9 Å². The number of hydrogen-bond acceptors (Lipinski definition) is 5. The molecule has 4 rings (SSSR count). The lowest BCUT2D eigenvalue weighted by molar-refractivity contribution is 0.413. The normalized spacial score (nSPS) is 11.1. The molecule has 0 saturated heterocycles. The molecule has 0 aliphatic carbocycles. The zero-order chi connectivity index (χ0) is 21.6. The summed E-state index contributed by atoms with van der Waals surface area (Å²) in [4.78, 5) is 5.62. The van der Waals surface area contributed by atoms with Gasteiger partial charge in [-0.2, -0.15) is 0 Å². The first-order valence-corrected chi connectivity index (χ1v) is 11.2. The number of hydrogen-bond donors (Lipinski definition) is 0. The summed E-state index contributed by atoms with van der Waals surface area (Å²) in [5.41, 5.74) is 2.04. The predicted octanol–water partition coefficient (Wildman–Crippen LogP) is 8.05. The molecule has 31 heavy (non-hydrogen) atoms. The number of furan rings is 1. The standard InChI is InChI=1S/C25H20BrNO3S/c1-17-3-13-23(14-4-17)31-25-24(26)15-22(30-25)16-27-18-5-7-20(8-6-18)29-21-11-9-19(28-2)10-12-21/h3-16H,1-2H3. The van der Waals surface area contributed by atoms with Crippen LogP contribution in [-0.4, -0.2) is 13.3 Å². The third-order valence-electron chi connectivity index (χ3n) is 4.38. The Balaban J connectivity index is 1.39. The lowest BCUT2D eigenvalue weighted by atomic mass is 10.2. The number of ether oxygens (including phenoxy) is 2. The highest BCUT2D eigenvalue weighted by atomic mass is 79.9. The van der Waals surface area contributed by atoms with Gasteiger partial charge in [0, 0.05) is 11.0 Å². The summed E-state index contributed by atoms with van der Waals surface area (Å²) in [6.45, 7) is 2.07. The Bertz CT molecular complexity index is 1170. The van der Waals surface area contributed by atoms with Crippen molar-refractivity contribution >= 4 is 39.6 Å². The van der Waals surface area contributed by atoms with E-state index in [9.17, 15) is 0 Å². The maximum Gasteiger partial charge on any atom is 0.179 e. The van der Waals surface area contributed by atoms with Gasteiger partial charge in [-0.05, 0) is 83.5 Å². The average molecular weight is 494 g/mol. The zero-order valence-electron chi connectivity index (χ0n) is 17.0. The summed E-state index contributed by atoms with van der Waals surface area (Å²) in [7, 11) is 1.64. The monoisotopic (exact) mass is 493 g/mol.